The molecule has 0 radical (unpaired) electrons. The van der Waals surface area contributed by atoms with Crippen LogP contribution in [0.25, 0.3) is 0 Å². The molecule has 2 unspecified atom stereocenters. The summed E-state index contributed by atoms with van der Waals surface area (Å²) in [4.78, 5) is 10.3. The van der Waals surface area contributed by atoms with E-state index in [-0.39, 0.29) is 23.2 Å². The zero-order valence-corrected chi connectivity index (χ0v) is 10.9. The predicted molar refractivity (Wildman–Crippen MR) is 69.9 cm³/mol. The van der Waals surface area contributed by atoms with Crippen LogP contribution < -0.4 is 5.32 Å². The Hall–Kier alpha value is -1.33. The minimum atomic E-state index is -0.456. The van der Waals surface area contributed by atoms with E-state index in [1.165, 1.54) is 18.2 Å². The summed E-state index contributed by atoms with van der Waals surface area (Å²) in [6, 6.07) is 4.36. The van der Waals surface area contributed by atoms with Crippen LogP contribution in [0.15, 0.2) is 18.2 Å². The van der Waals surface area contributed by atoms with Gasteiger partial charge < -0.3 is 10.4 Å². The number of hydrogen-bond donors (Lipinski definition) is 2. The van der Waals surface area contributed by atoms with Crippen molar-refractivity contribution in [2.24, 2.45) is 5.41 Å². The van der Waals surface area contributed by atoms with Crippen molar-refractivity contribution in [3.8, 4) is 0 Å². The molecule has 2 rings (SSSR count). The fraction of sp³-hybridized carbons (Fsp3) is 0.500. The van der Waals surface area contributed by atoms with Gasteiger partial charge in [0, 0.05) is 23.6 Å². The second-order valence-electron chi connectivity index (χ2n) is 5.19. The first-order valence-corrected chi connectivity index (χ1v) is 6.08. The van der Waals surface area contributed by atoms with Gasteiger partial charge in [-0.1, -0.05) is 25.4 Å². The molecule has 0 heterocycles. The van der Waals surface area contributed by atoms with Gasteiger partial charge in [0.2, 0.25) is 0 Å². The fourth-order valence-electron chi connectivity index (χ4n) is 2.07. The Morgan fingerprint density at radius 3 is 2.72 bits per heavy atom. The maximum Gasteiger partial charge on any atom is 0.271 e. The highest BCUT2D eigenvalue weighted by Crippen LogP contribution is 2.43. The number of anilines is 1. The van der Waals surface area contributed by atoms with Crippen molar-refractivity contribution in [2.75, 3.05) is 5.32 Å². The van der Waals surface area contributed by atoms with Gasteiger partial charge >= 0.3 is 0 Å². The predicted octanol–water partition coefficient (Wildman–Crippen LogP) is 2.82. The zero-order chi connectivity index (χ0) is 13.5. The summed E-state index contributed by atoms with van der Waals surface area (Å²) in [5, 5.41) is 24.0. The molecule has 98 valence electrons. The third kappa shape index (κ3) is 2.15. The van der Waals surface area contributed by atoms with Crippen LogP contribution in [0.2, 0.25) is 5.02 Å². The normalized spacial score (nSPS) is 25.3. The Bertz CT molecular complexity index is 490. The number of hydrogen-bond acceptors (Lipinski definition) is 4. The first kappa shape index (κ1) is 13.1. The number of nitro benzene ring substituents is 1. The molecule has 0 amide bonds. The standard InChI is InChI=1S/C12H15ClN2O3/c1-12(2)10(6-11(12)16)14-9-5-7(15(17)18)3-4-8(9)13/h3-5,10-11,14,16H,6H2,1-2H3. The van der Waals surface area contributed by atoms with E-state index in [1.54, 1.807) is 0 Å². The van der Waals surface area contributed by atoms with Crippen LogP contribution in [0.5, 0.6) is 0 Å². The average Bonchev–Trinajstić information content (AvgIpc) is 2.30. The van der Waals surface area contributed by atoms with Crippen molar-refractivity contribution in [2.45, 2.75) is 32.4 Å². The number of aliphatic hydroxyl groups excluding tert-OH is 1. The molecule has 0 aromatic heterocycles. The van der Waals surface area contributed by atoms with Gasteiger partial charge in [-0.2, -0.15) is 0 Å². The molecule has 1 saturated carbocycles. The minimum Gasteiger partial charge on any atom is -0.392 e. The maximum absolute atomic E-state index is 10.7. The van der Waals surface area contributed by atoms with E-state index in [2.05, 4.69) is 5.32 Å². The van der Waals surface area contributed by atoms with E-state index in [4.69, 9.17) is 11.6 Å². The van der Waals surface area contributed by atoms with E-state index >= 15 is 0 Å². The highest BCUT2D eigenvalue weighted by atomic mass is 35.5. The van der Waals surface area contributed by atoms with Crippen molar-refractivity contribution in [3.63, 3.8) is 0 Å². The Balaban J connectivity index is 2.19. The van der Waals surface area contributed by atoms with Crippen LogP contribution in [0.1, 0.15) is 20.3 Å². The SMILES string of the molecule is CC1(C)C(O)CC1Nc1cc([N+](=O)[O-])ccc1Cl. The Morgan fingerprint density at radius 1 is 1.56 bits per heavy atom. The van der Waals surface area contributed by atoms with Crippen LogP contribution >= 0.6 is 11.6 Å². The molecule has 2 N–H and O–H groups in total. The molecule has 1 aliphatic carbocycles. The summed E-state index contributed by atoms with van der Waals surface area (Å²) in [6.07, 6.45) is 0.263. The van der Waals surface area contributed by atoms with Crippen LogP contribution in [-0.2, 0) is 0 Å². The molecule has 1 aliphatic rings. The van der Waals surface area contributed by atoms with Crippen molar-refractivity contribution < 1.29 is 10.0 Å². The molecule has 0 saturated heterocycles. The molecule has 1 aromatic carbocycles. The first-order valence-electron chi connectivity index (χ1n) is 5.71. The first-order chi connectivity index (χ1) is 8.32. The number of non-ortho nitro benzene ring substituents is 1. The largest absolute Gasteiger partial charge is 0.392 e. The lowest BCUT2D eigenvalue weighted by Crippen LogP contribution is -2.56. The van der Waals surface area contributed by atoms with Crippen LogP contribution in [0.4, 0.5) is 11.4 Å². The highest BCUT2D eigenvalue weighted by Gasteiger charge is 2.47. The topological polar surface area (TPSA) is 75.4 Å². The van der Waals surface area contributed by atoms with E-state index in [9.17, 15) is 15.2 Å². The maximum atomic E-state index is 10.7. The van der Waals surface area contributed by atoms with Crippen LogP contribution in [0.3, 0.4) is 0 Å². The summed E-state index contributed by atoms with van der Waals surface area (Å²) in [6.45, 7) is 3.90. The van der Waals surface area contributed by atoms with E-state index < -0.39 is 4.92 Å². The molecule has 2 atom stereocenters. The molecule has 5 nitrogen and oxygen atoms in total. The number of rotatable bonds is 3. The summed E-state index contributed by atoms with van der Waals surface area (Å²) >= 11 is 6.01. The quantitative estimate of drug-likeness (QED) is 0.654. The summed E-state index contributed by atoms with van der Waals surface area (Å²) < 4.78 is 0. The summed E-state index contributed by atoms with van der Waals surface area (Å²) in [5.74, 6) is 0. The minimum absolute atomic E-state index is 0.000391. The van der Waals surface area contributed by atoms with Crippen molar-refractivity contribution in [3.05, 3.63) is 33.3 Å². The number of halogens is 1. The van der Waals surface area contributed by atoms with Crippen molar-refractivity contribution >= 4 is 23.0 Å². The zero-order valence-electron chi connectivity index (χ0n) is 10.2. The van der Waals surface area contributed by atoms with Gasteiger partial charge in [0.1, 0.15) is 0 Å². The molecule has 1 aromatic rings. The Kier molecular flexibility index (Phi) is 3.21. The molecule has 0 aliphatic heterocycles. The van der Waals surface area contributed by atoms with Gasteiger partial charge in [-0.05, 0) is 12.5 Å². The lowest BCUT2D eigenvalue weighted by molar-refractivity contribution is -0.384. The Labute approximate surface area is 110 Å². The number of aliphatic hydroxyl groups is 1. The lowest BCUT2D eigenvalue weighted by atomic mass is 9.64. The van der Waals surface area contributed by atoms with Gasteiger partial charge in [0.05, 0.1) is 21.7 Å². The molecule has 18 heavy (non-hydrogen) atoms. The molecule has 0 bridgehead atoms. The Morgan fingerprint density at radius 2 is 2.22 bits per heavy atom. The third-order valence-electron chi connectivity index (χ3n) is 3.71. The molecular formula is C12H15ClN2O3. The highest BCUT2D eigenvalue weighted by molar-refractivity contribution is 6.33. The second-order valence-corrected chi connectivity index (χ2v) is 5.60. The van der Waals surface area contributed by atoms with Crippen molar-refractivity contribution in [1.82, 2.24) is 0 Å². The average molecular weight is 271 g/mol. The van der Waals surface area contributed by atoms with Gasteiger partial charge in [-0.3, -0.25) is 10.1 Å². The van der Waals surface area contributed by atoms with E-state index in [0.717, 1.165) is 0 Å². The number of nitrogens with zero attached hydrogens (tertiary/aromatic N) is 1. The third-order valence-corrected chi connectivity index (χ3v) is 4.04. The number of nitro groups is 1. The monoisotopic (exact) mass is 270 g/mol. The van der Waals surface area contributed by atoms with Gasteiger partial charge in [-0.25, -0.2) is 0 Å². The van der Waals surface area contributed by atoms with Gasteiger partial charge in [-0.15, -0.1) is 0 Å². The number of nitrogens with one attached hydrogen (secondary N) is 1. The number of benzene rings is 1. The van der Waals surface area contributed by atoms with Gasteiger partial charge in [0.15, 0.2) is 0 Å². The summed E-state index contributed by atoms with van der Waals surface area (Å²) in [5.41, 5.74) is 0.281. The van der Waals surface area contributed by atoms with Crippen LogP contribution in [0, 0.1) is 15.5 Å². The van der Waals surface area contributed by atoms with Crippen molar-refractivity contribution in [1.29, 1.82) is 0 Å². The second kappa shape index (κ2) is 4.40. The molecule has 0 spiro atoms. The van der Waals surface area contributed by atoms with E-state index in [1.807, 2.05) is 13.8 Å². The van der Waals surface area contributed by atoms with E-state index in [0.29, 0.717) is 17.1 Å². The summed E-state index contributed by atoms with van der Waals surface area (Å²) in [7, 11) is 0. The lowest BCUT2D eigenvalue weighted by Gasteiger charge is -2.49. The fourth-order valence-corrected chi connectivity index (χ4v) is 2.24. The molecular weight excluding hydrogens is 256 g/mol. The molecule has 1 fully saturated rings. The van der Waals surface area contributed by atoms with Gasteiger partial charge in [0.25, 0.3) is 5.69 Å². The molecule has 6 heteroatoms. The smallest absolute Gasteiger partial charge is 0.271 e. The van der Waals surface area contributed by atoms with Crippen LogP contribution in [-0.4, -0.2) is 22.2 Å².